The van der Waals surface area contributed by atoms with Gasteiger partial charge in [0.05, 0.1) is 68.5 Å². The first-order valence-electron chi connectivity index (χ1n) is 44.1. The van der Waals surface area contributed by atoms with E-state index < -0.39 is 63.6 Å². The van der Waals surface area contributed by atoms with Crippen molar-refractivity contribution < 1.29 is 85.6 Å². The van der Waals surface area contributed by atoms with Crippen molar-refractivity contribution in [2.45, 2.75) is 147 Å². The summed E-state index contributed by atoms with van der Waals surface area (Å²) in [5, 5.41) is 16.1. The van der Waals surface area contributed by atoms with Gasteiger partial charge in [0.15, 0.2) is 23.0 Å². The molecule has 133 heavy (non-hydrogen) atoms. The first kappa shape index (κ1) is 93.2. The van der Waals surface area contributed by atoms with Crippen LogP contribution in [0.5, 0.6) is 34.5 Å². The molecule has 0 bridgehead atoms. The second kappa shape index (κ2) is 39.4. The number of carboxylic acids is 1. The number of sulfonamides is 2. The van der Waals surface area contributed by atoms with Gasteiger partial charge < -0.3 is 44.2 Å². The Morgan fingerprint density at radius 2 is 0.992 bits per heavy atom. The monoisotopic (exact) mass is 1870 g/mol. The van der Waals surface area contributed by atoms with Gasteiger partial charge in [-0.25, -0.2) is 39.9 Å². The number of sulfone groups is 1. The van der Waals surface area contributed by atoms with Gasteiger partial charge in [-0.2, -0.15) is 4.31 Å². The zero-order valence-corrected chi connectivity index (χ0v) is 77.3. The standard InChI is InChI=1S/C28H26N2O7S.C28H32N2O4S.C24H20ClNO3.C23H23N3O4S.2H2/c31-26(28(12-13-28)19-8-11-24-25(15-19)37-17-36-24)16-20-3-1-4-22(29-20)18-6-9-21(10-7-18)38(34,35)30-14-2-5-23(30)27(32)33;1-34-24-15-13-23(14-16-24)28(18-4-3-5-19-28)27(31)30-26-8-6-7-25(29-26)22-11-9-21(10-12-22)17-20-35(2,32)33;1-15-20(16-3-2-4-18(25)11-16)7-6-19(26-15)13-23(27)24(9-10-24)17-5-8-21-22(12-17)29-14-28-21;1-24-31(28,29)17-12-10-16(11-13-17)19-7-5-9-21(25-19)26-22(27)23(14-15-23)18-6-3-4-8-20(18)30-2;;/h1,3-4,6-11,15,23H,2,5,12-14,16-17H2,(H,32,33);6-16H,3-5,17-20H2,1-2H3,(H,29,30,31);2-8,11-12H,9-10,13-14H2,1H3;3-13,24H,14-15H2,1-2H3,(H,25,26,27);2*1H/t23-;;;;;/m0...../s1. The molecule has 1 saturated heterocycles. The Balaban J connectivity index is 0.000000144. The molecule has 7 heterocycles. The number of pyridine rings is 4. The van der Waals surface area contributed by atoms with Gasteiger partial charge in [0, 0.05) is 78.4 Å². The Morgan fingerprint density at radius 1 is 0.489 bits per heavy atom. The highest BCUT2D eigenvalue weighted by atomic mass is 35.5. The predicted octanol–water partition coefficient (Wildman–Crippen LogP) is 17.9. The number of hydrogen-bond acceptors (Lipinski definition) is 21. The van der Waals surface area contributed by atoms with Gasteiger partial charge in [-0.15, -0.1) is 0 Å². The second-order valence-corrected chi connectivity index (χ2v) is 40.8. The van der Waals surface area contributed by atoms with E-state index in [9.17, 15) is 54.3 Å². The number of rotatable bonds is 28. The number of carbonyl (C=O) groups is 5. The van der Waals surface area contributed by atoms with E-state index in [2.05, 4.69) is 25.3 Å². The number of hydrogen-bond donors (Lipinski definition) is 4. The predicted molar refractivity (Wildman–Crippen MR) is 510 cm³/mol. The van der Waals surface area contributed by atoms with Crippen molar-refractivity contribution >= 4 is 82.5 Å². The lowest BCUT2D eigenvalue weighted by atomic mass is 9.68. The quantitative estimate of drug-likeness (QED) is 0.0354. The number of anilines is 2. The Bertz CT molecular complexity index is 6760. The minimum Gasteiger partial charge on any atom is -0.497 e. The van der Waals surface area contributed by atoms with Crippen LogP contribution in [-0.2, 0) is 94.8 Å². The molecule has 26 nitrogen and oxygen atoms in total. The number of aliphatic carboxylic acids is 1. The van der Waals surface area contributed by atoms with Gasteiger partial charge in [-0.3, -0.25) is 33.9 Å². The number of nitrogens with one attached hydrogen (secondary N) is 3. The van der Waals surface area contributed by atoms with E-state index in [4.69, 9.17) is 50.0 Å². The summed E-state index contributed by atoms with van der Waals surface area (Å²) in [4.78, 5) is 83.7. The van der Waals surface area contributed by atoms with Gasteiger partial charge in [-0.05, 0) is 234 Å². The number of ketones is 2. The van der Waals surface area contributed by atoms with E-state index in [0.717, 1.165) is 159 Å². The van der Waals surface area contributed by atoms with Crippen LogP contribution < -0.4 is 43.8 Å². The number of Topliss-reactive ketones (excluding diaryl/α,β-unsaturated/α-hetero) is 2. The number of carbonyl (C=O) groups excluding carboxylic acids is 4. The number of nitrogens with zero attached hydrogens (tertiary/aromatic N) is 5. The number of benzene rings is 8. The fourth-order valence-electron chi connectivity index (χ4n) is 17.7. The lowest BCUT2D eigenvalue weighted by Gasteiger charge is -2.36. The maximum Gasteiger partial charge on any atom is 0.322 e. The third-order valence-corrected chi connectivity index (χ3v) is 30.3. The maximum absolute atomic E-state index is 13.7. The van der Waals surface area contributed by atoms with E-state index >= 15 is 0 Å². The fourth-order valence-corrected chi connectivity index (χ4v) is 20.9. The molecule has 2 amide bonds. The molecule has 4 aromatic heterocycles. The van der Waals surface area contributed by atoms with Crippen molar-refractivity contribution in [2.24, 2.45) is 0 Å². The first-order chi connectivity index (χ1) is 64.0. The summed E-state index contributed by atoms with van der Waals surface area (Å²) in [5.41, 5.74) is 11.4. The summed E-state index contributed by atoms with van der Waals surface area (Å²) in [6.45, 7) is 2.58. The molecule has 0 spiro atoms. The summed E-state index contributed by atoms with van der Waals surface area (Å²) in [7, 11) is -5.81. The Labute approximate surface area is 781 Å². The van der Waals surface area contributed by atoms with Crippen LogP contribution in [0, 0.1) is 6.92 Å². The lowest BCUT2D eigenvalue weighted by Crippen LogP contribution is -2.42. The molecular formula is C103H105ClN8O18S3. The number of amides is 2. The van der Waals surface area contributed by atoms with E-state index in [-0.39, 0.29) is 68.3 Å². The average Bonchev–Trinajstić information content (AvgIpc) is 1.59. The highest BCUT2D eigenvalue weighted by Crippen LogP contribution is 2.55. The number of fused-ring (bicyclic) bond motifs is 2. The largest absolute Gasteiger partial charge is 0.497 e. The number of methoxy groups -OCH3 is 2. The van der Waals surface area contributed by atoms with Crippen LogP contribution >= 0.6 is 11.6 Å². The molecule has 12 aromatic rings. The van der Waals surface area contributed by atoms with Crippen molar-refractivity contribution in [1.29, 1.82) is 0 Å². The molecule has 4 N–H and O–H groups in total. The average molecular weight is 1870 g/mol. The minimum atomic E-state index is -3.92. The minimum absolute atomic E-state index is 0. The highest BCUT2D eigenvalue weighted by molar-refractivity contribution is 7.90. The van der Waals surface area contributed by atoms with Gasteiger partial charge in [0.1, 0.15) is 50.6 Å². The van der Waals surface area contributed by atoms with Crippen molar-refractivity contribution in [2.75, 3.05) is 64.0 Å². The topological polar surface area (TPSA) is 354 Å². The molecule has 3 aliphatic heterocycles. The molecule has 0 unspecified atom stereocenters. The smallest absolute Gasteiger partial charge is 0.322 e. The summed E-state index contributed by atoms with van der Waals surface area (Å²) in [6.07, 6.45) is 12.6. The number of aryl methyl sites for hydroxylation is 2. The molecule has 1 atom stereocenters. The van der Waals surface area contributed by atoms with Crippen LogP contribution in [-0.4, -0.2) is 143 Å². The SMILES string of the molecule is CNS(=O)(=O)c1ccc(-c2cccc(NC(=O)C3(c4ccccc4OC)CC3)n2)cc1.COc1ccc(C2(C(=O)Nc3cccc(-c4ccc(CCS(C)(=O)=O)cc4)n3)CCCCC2)cc1.Cc1nc(CC(=O)C2(c3ccc4c(c3)OCO4)CC2)ccc1-c1cccc(Cl)c1.O=C(O)[C@@H]1CCCN1S(=O)(=O)c1ccc(-c2cccc(CC(=O)C3(c4ccc5c(c4)OCO5)CC3)n2)cc1.[HH].[HH]. The molecule has 19 rings (SSSR count). The van der Waals surface area contributed by atoms with E-state index in [1.807, 2.05) is 195 Å². The van der Waals surface area contributed by atoms with Crippen LogP contribution in [0.1, 0.15) is 131 Å². The molecule has 8 aromatic carbocycles. The zero-order chi connectivity index (χ0) is 93.5. The summed E-state index contributed by atoms with van der Waals surface area (Å²) in [5.74, 6) is 4.41. The third kappa shape index (κ3) is 20.9. The lowest BCUT2D eigenvalue weighted by molar-refractivity contribution is -0.140. The second-order valence-electron chi connectivity index (χ2n) is 34.3. The maximum atomic E-state index is 13.7. The first-order valence-corrected chi connectivity index (χ1v) is 49.4. The molecule has 30 heteroatoms. The Hall–Kier alpha value is -13.0. The summed E-state index contributed by atoms with van der Waals surface area (Å²) >= 11 is 6.12. The van der Waals surface area contributed by atoms with Crippen LogP contribution in [0.15, 0.2) is 259 Å². The molecule has 0 radical (unpaired) electrons. The normalized spacial score (nSPS) is 16.6. The number of aromatic nitrogens is 4. The fraction of sp³-hybridized carbons (Fsp3) is 0.291. The summed E-state index contributed by atoms with van der Waals surface area (Å²) in [6, 6.07) is 74.4. The van der Waals surface area contributed by atoms with Gasteiger partial charge in [-0.1, -0.05) is 158 Å². The van der Waals surface area contributed by atoms with Crippen molar-refractivity contribution in [3.8, 4) is 79.4 Å². The summed E-state index contributed by atoms with van der Waals surface area (Å²) < 4.78 is 109. The molecular weight excluding hydrogens is 1770 g/mol. The molecule has 4 saturated carbocycles. The van der Waals surface area contributed by atoms with Gasteiger partial charge in [0.25, 0.3) is 0 Å². The number of halogens is 1. The van der Waals surface area contributed by atoms with E-state index in [0.29, 0.717) is 82.2 Å². The Kier molecular flexibility index (Phi) is 27.6. The van der Waals surface area contributed by atoms with E-state index in [1.54, 1.807) is 50.6 Å². The molecule has 4 aliphatic carbocycles. The van der Waals surface area contributed by atoms with E-state index in [1.165, 1.54) is 37.6 Å². The highest BCUT2D eigenvalue weighted by Gasteiger charge is 2.54. The molecule has 5 fully saturated rings. The third-order valence-electron chi connectivity index (χ3n) is 25.7. The van der Waals surface area contributed by atoms with Crippen LogP contribution in [0.3, 0.4) is 0 Å². The van der Waals surface area contributed by atoms with Crippen LogP contribution in [0.25, 0.3) is 44.9 Å². The number of ether oxygens (including phenoxy) is 6. The zero-order valence-electron chi connectivity index (χ0n) is 74.1. The Morgan fingerprint density at radius 3 is 1.51 bits per heavy atom. The van der Waals surface area contributed by atoms with Gasteiger partial charge in [0.2, 0.25) is 45.4 Å². The van der Waals surface area contributed by atoms with Crippen molar-refractivity contribution in [3.05, 3.63) is 299 Å². The van der Waals surface area contributed by atoms with Crippen LogP contribution in [0.4, 0.5) is 11.6 Å². The molecule has 690 valence electrons. The number of para-hydroxylation sites is 1. The van der Waals surface area contributed by atoms with Crippen molar-refractivity contribution in [1.82, 2.24) is 29.0 Å². The molecule has 7 aliphatic rings. The van der Waals surface area contributed by atoms with Gasteiger partial charge >= 0.3 is 5.97 Å². The number of carboxylic acid groups (broad SMARTS) is 1. The van der Waals surface area contributed by atoms with Crippen LogP contribution in [0.2, 0.25) is 5.02 Å². The van der Waals surface area contributed by atoms with Crippen molar-refractivity contribution in [3.63, 3.8) is 0 Å².